The average Bonchev–Trinajstić information content (AvgIpc) is 1.98. The van der Waals surface area contributed by atoms with Gasteiger partial charge in [-0.25, -0.2) is 0 Å². The fraction of sp³-hybridized carbons (Fsp3) is 0.769. The molecule has 3 heteroatoms. The van der Waals surface area contributed by atoms with Crippen LogP contribution in [0.4, 0.5) is 0 Å². The van der Waals surface area contributed by atoms with Gasteiger partial charge in [0.2, 0.25) is 0 Å². The number of hydrogen-bond acceptors (Lipinski definition) is 3. The number of carbonyl (C=O) groups is 1. The van der Waals surface area contributed by atoms with Gasteiger partial charge in [0.25, 0.3) is 0 Å². The van der Waals surface area contributed by atoms with Gasteiger partial charge in [0.1, 0.15) is 0 Å². The van der Waals surface area contributed by atoms with Crippen molar-refractivity contribution in [2.75, 3.05) is 0 Å². The van der Waals surface area contributed by atoms with Crippen LogP contribution in [0.3, 0.4) is 0 Å². The molecule has 0 amide bonds. The first-order chi connectivity index (χ1) is 7.02. The van der Waals surface area contributed by atoms with Crippen molar-refractivity contribution in [3.8, 4) is 0 Å². The minimum Gasteiger partial charge on any atom is -0.388 e. The molecule has 1 unspecified atom stereocenters. The number of carbonyl (C=O) groups excluding carboxylic acids is 1. The molecule has 0 rings (SSSR count). The molecule has 0 aliphatic carbocycles. The highest BCUT2D eigenvalue weighted by Gasteiger charge is 2.18. The topological polar surface area (TPSA) is 55.1 Å². The van der Waals surface area contributed by atoms with Gasteiger partial charge in [0.05, 0.1) is 0 Å². The minimum absolute atomic E-state index is 0.124. The Morgan fingerprint density at radius 3 is 2.19 bits per heavy atom. The van der Waals surface area contributed by atoms with Crippen molar-refractivity contribution < 1.29 is 4.79 Å². The normalized spacial score (nSPS) is 15.2. The van der Waals surface area contributed by atoms with E-state index in [1.54, 1.807) is 12.3 Å². The highest BCUT2D eigenvalue weighted by atomic mass is 16.1. The first kappa shape index (κ1) is 15.2. The summed E-state index contributed by atoms with van der Waals surface area (Å²) in [6.07, 6.45) is 4.19. The van der Waals surface area contributed by atoms with Crippen molar-refractivity contribution in [2.24, 2.45) is 11.1 Å². The lowest BCUT2D eigenvalue weighted by Crippen LogP contribution is -2.39. The molecule has 0 aromatic heterocycles. The van der Waals surface area contributed by atoms with E-state index in [0.717, 1.165) is 6.42 Å². The number of ketones is 1. The van der Waals surface area contributed by atoms with Gasteiger partial charge in [-0.1, -0.05) is 20.8 Å². The van der Waals surface area contributed by atoms with Crippen molar-refractivity contribution in [2.45, 2.75) is 59.5 Å². The lowest BCUT2D eigenvalue weighted by molar-refractivity contribution is -0.121. The molecule has 16 heavy (non-hydrogen) atoms. The molecule has 0 saturated heterocycles. The van der Waals surface area contributed by atoms with Crippen molar-refractivity contribution in [1.29, 1.82) is 0 Å². The van der Waals surface area contributed by atoms with E-state index in [2.05, 4.69) is 12.2 Å². The molecule has 1 atom stereocenters. The van der Waals surface area contributed by atoms with Crippen LogP contribution in [0.15, 0.2) is 12.3 Å². The SMILES string of the molecule is CC(CC(C)(C)N)N/C=C\C(=O)C(C)(C)C. The molecule has 3 N–H and O–H groups in total. The molecule has 0 aromatic rings. The standard InChI is InChI=1S/C13H26N2O/c1-10(9-13(5,6)14)15-8-7-11(16)12(2,3)4/h7-8,10,15H,9,14H2,1-6H3/b8-7-. The second-order valence-corrected chi connectivity index (χ2v) is 6.21. The molecule has 0 aliphatic heterocycles. The number of hydrogen-bond donors (Lipinski definition) is 2. The highest BCUT2D eigenvalue weighted by Crippen LogP contribution is 2.14. The lowest BCUT2D eigenvalue weighted by atomic mass is 9.91. The number of nitrogens with one attached hydrogen (secondary N) is 1. The zero-order chi connectivity index (χ0) is 13.0. The fourth-order valence-electron chi connectivity index (χ4n) is 1.39. The van der Waals surface area contributed by atoms with Crippen LogP contribution in [0.2, 0.25) is 0 Å². The Labute approximate surface area is 99.5 Å². The van der Waals surface area contributed by atoms with Crippen molar-refractivity contribution in [3.63, 3.8) is 0 Å². The van der Waals surface area contributed by atoms with Gasteiger partial charge in [-0.15, -0.1) is 0 Å². The van der Waals surface area contributed by atoms with Crippen molar-refractivity contribution >= 4 is 5.78 Å². The van der Waals surface area contributed by atoms with Crippen LogP contribution in [-0.4, -0.2) is 17.4 Å². The maximum absolute atomic E-state index is 11.6. The summed E-state index contributed by atoms with van der Waals surface area (Å²) in [5.41, 5.74) is 5.41. The Morgan fingerprint density at radius 1 is 1.31 bits per heavy atom. The van der Waals surface area contributed by atoms with Crippen LogP contribution < -0.4 is 11.1 Å². The molecular weight excluding hydrogens is 200 g/mol. The van der Waals surface area contributed by atoms with E-state index < -0.39 is 0 Å². The zero-order valence-corrected chi connectivity index (χ0v) is 11.4. The second-order valence-electron chi connectivity index (χ2n) is 6.21. The third-order valence-corrected chi connectivity index (χ3v) is 2.19. The average molecular weight is 226 g/mol. The van der Waals surface area contributed by atoms with Crippen LogP contribution in [0, 0.1) is 5.41 Å². The number of rotatable bonds is 5. The van der Waals surface area contributed by atoms with E-state index in [0.29, 0.717) is 0 Å². The summed E-state index contributed by atoms with van der Waals surface area (Å²) in [5, 5.41) is 3.16. The van der Waals surface area contributed by atoms with Crippen LogP contribution in [0.1, 0.15) is 48.0 Å². The molecule has 0 bridgehead atoms. The zero-order valence-electron chi connectivity index (χ0n) is 11.4. The lowest BCUT2D eigenvalue weighted by Gasteiger charge is -2.23. The van der Waals surface area contributed by atoms with Crippen LogP contribution >= 0.6 is 0 Å². The monoisotopic (exact) mass is 226 g/mol. The molecule has 0 spiro atoms. The maximum atomic E-state index is 11.6. The summed E-state index contributed by atoms with van der Waals surface area (Å²) < 4.78 is 0. The quantitative estimate of drug-likeness (QED) is 0.707. The minimum atomic E-state index is -0.311. The summed E-state index contributed by atoms with van der Waals surface area (Å²) in [7, 11) is 0. The van der Waals surface area contributed by atoms with Crippen molar-refractivity contribution in [1.82, 2.24) is 5.32 Å². The summed E-state index contributed by atoms with van der Waals surface area (Å²) in [6, 6.07) is 0.268. The maximum Gasteiger partial charge on any atom is 0.162 e. The van der Waals surface area contributed by atoms with Crippen molar-refractivity contribution in [3.05, 3.63) is 12.3 Å². The van der Waals surface area contributed by atoms with Gasteiger partial charge in [-0.05, 0) is 33.3 Å². The summed E-state index contributed by atoms with van der Waals surface area (Å²) in [4.78, 5) is 11.6. The predicted molar refractivity (Wildman–Crippen MR) is 69.1 cm³/mol. The third kappa shape index (κ3) is 7.46. The largest absolute Gasteiger partial charge is 0.388 e. The van der Waals surface area contributed by atoms with Crippen LogP contribution in [0.5, 0.6) is 0 Å². The molecule has 0 saturated carbocycles. The Morgan fingerprint density at radius 2 is 1.81 bits per heavy atom. The van der Waals surface area contributed by atoms with Gasteiger partial charge in [0, 0.05) is 23.2 Å². The highest BCUT2D eigenvalue weighted by molar-refractivity contribution is 5.93. The van der Waals surface area contributed by atoms with Gasteiger partial charge in [0.15, 0.2) is 5.78 Å². The van der Waals surface area contributed by atoms with Gasteiger partial charge >= 0.3 is 0 Å². The van der Waals surface area contributed by atoms with E-state index >= 15 is 0 Å². The van der Waals surface area contributed by atoms with Gasteiger partial charge in [-0.3, -0.25) is 4.79 Å². The second kappa shape index (κ2) is 5.48. The Kier molecular flexibility index (Phi) is 5.20. The summed E-state index contributed by atoms with van der Waals surface area (Å²) >= 11 is 0. The molecule has 0 radical (unpaired) electrons. The third-order valence-electron chi connectivity index (χ3n) is 2.19. The predicted octanol–water partition coefficient (Wildman–Crippen LogP) is 2.22. The molecule has 0 aliphatic rings. The molecule has 3 nitrogen and oxygen atoms in total. The molecule has 94 valence electrons. The van der Waals surface area contributed by atoms with E-state index in [4.69, 9.17) is 5.73 Å². The Bertz CT molecular complexity index is 256. The first-order valence-electron chi connectivity index (χ1n) is 5.78. The van der Waals surface area contributed by atoms with E-state index in [1.807, 2.05) is 34.6 Å². The molecule has 0 fully saturated rings. The summed E-state index contributed by atoms with van der Waals surface area (Å²) in [6.45, 7) is 11.8. The summed E-state index contributed by atoms with van der Waals surface area (Å²) in [5.74, 6) is 0.124. The Balaban J connectivity index is 4.07. The molecular formula is C13H26N2O. The van der Waals surface area contributed by atoms with Gasteiger partial charge < -0.3 is 11.1 Å². The van der Waals surface area contributed by atoms with Gasteiger partial charge in [-0.2, -0.15) is 0 Å². The van der Waals surface area contributed by atoms with Crippen LogP contribution in [0.25, 0.3) is 0 Å². The number of allylic oxidation sites excluding steroid dienone is 1. The van der Waals surface area contributed by atoms with Crippen LogP contribution in [-0.2, 0) is 4.79 Å². The number of nitrogens with two attached hydrogens (primary N) is 1. The van der Waals surface area contributed by atoms with E-state index in [1.165, 1.54) is 0 Å². The van der Waals surface area contributed by atoms with E-state index in [9.17, 15) is 4.79 Å². The smallest absolute Gasteiger partial charge is 0.162 e. The first-order valence-corrected chi connectivity index (χ1v) is 5.78. The van der Waals surface area contributed by atoms with E-state index in [-0.39, 0.29) is 22.8 Å². The fourth-order valence-corrected chi connectivity index (χ4v) is 1.39. The Hall–Kier alpha value is -0.830. The molecule has 0 aromatic carbocycles. The molecule has 0 heterocycles.